The molecule has 0 amide bonds. The molecule has 78 valence electrons. The van der Waals surface area contributed by atoms with Gasteiger partial charge in [-0.1, -0.05) is 6.07 Å². The summed E-state index contributed by atoms with van der Waals surface area (Å²) in [7, 11) is 0. The lowest BCUT2D eigenvalue weighted by atomic mass is 10.2. The summed E-state index contributed by atoms with van der Waals surface area (Å²) in [5.74, 6) is -0.223. The third-order valence-electron chi connectivity index (χ3n) is 2.02. The van der Waals surface area contributed by atoms with Crippen LogP contribution in [-0.4, -0.2) is 18.3 Å². The first-order valence-corrected chi connectivity index (χ1v) is 4.85. The highest BCUT2D eigenvalue weighted by molar-refractivity contribution is 5.46. The van der Waals surface area contributed by atoms with E-state index in [4.69, 9.17) is 5.11 Å². The summed E-state index contributed by atoms with van der Waals surface area (Å²) in [6.07, 6.45) is 1.60. The van der Waals surface area contributed by atoms with Gasteiger partial charge in [-0.05, 0) is 37.5 Å². The van der Waals surface area contributed by atoms with E-state index in [-0.39, 0.29) is 12.4 Å². The number of benzene rings is 1. The Labute approximate surface area is 83.8 Å². The van der Waals surface area contributed by atoms with Crippen molar-refractivity contribution < 1.29 is 9.50 Å². The van der Waals surface area contributed by atoms with Crippen LogP contribution in [0.25, 0.3) is 0 Å². The van der Waals surface area contributed by atoms with Gasteiger partial charge in [-0.3, -0.25) is 0 Å². The van der Waals surface area contributed by atoms with Crippen LogP contribution in [0.2, 0.25) is 0 Å². The molecule has 0 aliphatic rings. The summed E-state index contributed by atoms with van der Waals surface area (Å²) >= 11 is 0. The van der Waals surface area contributed by atoms with Crippen LogP contribution in [0.15, 0.2) is 18.2 Å². The van der Waals surface area contributed by atoms with E-state index in [0.717, 1.165) is 18.4 Å². The molecule has 0 bridgehead atoms. The van der Waals surface area contributed by atoms with Crippen molar-refractivity contribution in [3.63, 3.8) is 0 Å². The molecule has 3 heteroatoms. The van der Waals surface area contributed by atoms with E-state index in [0.29, 0.717) is 12.2 Å². The molecule has 0 aromatic heterocycles. The molecule has 0 saturated heterocycles. The summed E-state index contributed by atoms with van der Waals surface area (Å²) in [5.41, 5.74) is 1.58. The van der Waals surface area contributed by atoms with Crippen LogP contribution in [0.4, 0.5) is 10.1 Å². The standard InChI is InChI=1S/C11H16FNO/c1-9-4-5-10(12)11(8-9)13-6-2-3-7-14/h4-5,8,13-14H,2-3,6-7H2,1H3. The normalized spacial score (nSPS) is 10.2. The Bertz CT molecular complexity index is 289. The fraction of sp³-hybridized carbons (Fsp3) is 0.455. The van der Waals surface area contributed by atoms with Gasteiger partial charge in [0.15, 0.2) is 0 Å². The highest BCUT2D eigenvalue weighted by atomic mass is 19.1. The number of aliphatic hydroxyl groups excluding tert-OH is 1. The Morgan fingerprint density at radius 3 is 2.86 bits per heavy atom. The van der Waals surface area contributed by atoms with Crippen molar-refractivity contribution in [2.24, 2.45) is 0 Å². The minimum atomic E-state index is -0.223. The number of nitrogens with one attached hydrogen (secondary N) is 1. The lowest BCUT2D eigenvalue weighted by molar-refractivity contribution is 0.286. The quantitative estimate of drug-likeness (QED) is 0.710. The van der Waals surface area contributed by atoms with Crippen LogP contribution in [0.1, 0.15) is 18.4 Å². The highest BCUT2D eigenvalue weighted by Gasteiger charge is 2.00. The largest absolute Gasteiger partial charge is 0.396 e. The van der Waals surface area contributed by atoms with Crippen LogP contribution in [0.5, 0.6) is 0 Å². The third kappa shape index (κ3) is 3.34. The molecule has 2 N–H and O–H groups in total. The van der Waals surface area contributed by atoms with Crippen LogP contribution < -0.4 is 5.32 Å². The van der Waals surface area contributed by atoms with Gasteiger partial charge in [0, 0.05) is 13.2 Å². The zero-order valence-electron chi connectivity index (χ0n) is 8.39. The molecule has 0 radical (unpaired) electrons. The van der Waals surface area contributed by atoms with E-state index in [1.807, 2.05) is 6.92 Å². The zero-order chi connectivity index (χ0) is 10.4. The van der Waals surface area contributed by atoms with E-state index in [2.05, 4.69) is 5.32 Å². The van der Waals surface area contributed by atoms with Crippen molar-refractivity contribution in [2.45, 2.75) is 19.8 Å². The molecule has 0 aliphatic carbocycles. The number of aryl methyl sites for hydroxylation is 1. The molecular formula is C11H16FNO. The minimum Gasteiger partial charge on any atom is -0.396 e. The van der Waals surface area contributed by atoms with Crippen molar-refractivity contribution in [3.05, 3.63) is 29.6 Å². The number of hydrogen-bond acceptors (Lipinski definition) is 2. The summed E-state index contributed by atoms with van der Waals surface area (Å²) in [6, 6.07) is 4.99. The van der Waals surface area contributed by atoms with Gasteiger partial charge in [0.25, 0.3) is 0 Å². The average Bonchev–Trinajstić information content (AvgIpc) is 2.18. The molecule has 0 unspecified atom stereocenters. The minimum absolute atomic E-state index is 0.192. The Morgan fingerprint density at radius 2 is 2.14 bits per heavy atom. The number of unbranched alkanes of at least 4 members (excludes halogenated alkanes) is 1. The van der Waals surface area contributed by atoms with Crippen molar-refractivity contribution in [3.8, 4) is 0 Å². The van der Waals surface area contributed by atoms with E-state index in [9.17, 15) is 4.39 Å². The Hall–Kier alpha value is -1.09. The second kappa shape index (κ2) is 5.60. The number of anilines is 1. The van der Waals surface area contributed by atoms with Gasteiger partial charge in [0.05, 0.1) is 5.69 Å². The van der Waals surface area contributed by atoms with E-state index < -0.39 is 0 Å². The van der Waals surface area contributed by atoms with Gasteiger partial charge in [0.2, 0.25) is 0 Å². The maximum absolute atomic E-state index is 13.2. The second-order valence-corrected chi connectivity index (χ2v) is 3.34. The summed E-state index contributed by atoms with van der Waals surface area (Å²) in [6.45, 7) is 2.82. The molecule has 14 heavy (non-hydrogen) atoms. The lowest BCUT2D eigenvalue weighted by Crippen LogP contribution is -2.04. The first-order valence-electron chi connectivity index (χ1n) is 4.85. The lowest BCUT2D eigenvalue weighted by Gasteiger charge is -2.07. The fourth-order valence-corrected chi connectivity index (χ4v) is 1.23. The van der Waals surface area contributed by atoms with Crippen molar-refractivity contribution in [1.82, 2.24) is 0 Å². The van der Waals surface area contributed by atoms with Crippen molar-refractivity contribution in [2.75, 3.05) is 18.5 Å². The Balaban J connectivity index is 2.45. The molecule has 1 rings (SSSR count). The van der Waals surface area contributed by atoms with Crippen molar-refractivity contribution >= 4 is 5.69 Å². The predicted octanol–water partition coefficient (Wildman–Crippen LogP) is 2.32. The number of halogens is 1. The number of hydrogen-bond donors (Lipinski definition) is 2. The second-order valence-electron chi connectivity index (χ2n) is 3.34. The first-order chi connectivity index (χ1) is 6.74. The molecular weight excluding hydrogens is 181 g/mol. The van der Waals surface area contributed by atoms with Gasteiger partial charge in [0.1, 0.15) is 5.82 Å². The molecule has 0 heterocycles. The average molecular weight is 197 g/mol. The SMILES string of the molecule is Cc1ccc(F)c(NCCCCO)c1. The van der Waals surface area contributed by atoms with Crippen LogP contribution in [0.3, 0.4) is 0 Å². The maximum atomic E-state index is 13.2. The molecule has 0 atom stereocenters. The fourth-order valence-electron chi connectivity index (χ4n) is 1.23. The first kappa shape index (κ1) is 11.0. The van der Waals surface area contributed by atoms with Gasteiger partial charge in [-0.2, -0.15) is 0 Å². The topological polar surface area (TPSA) is 32.3 Å². The van der Waals surface area contributed by atoms with Crippen LogP contribution in [-0.2, 0) is 0 Å². The van der Waals surface area contributed by atoms with Gasteiger partial charge >= 0.3 is 0 Å². The van der Waals surface area contributed by atoms with Gasteiger partial charge in [-0.15, -0.1) is 0 Å². The predicted molar refractivity (Wildman–Crippen MR) is 55.9 cm³/mol. The monoisotopic (exact) mass is 197 g/mol. The molecule has 0 spiro atoms. The van der Waals surface area contributed by atoms with Gasteiger partial charge < -0.3 is 10.4 Å². The maximum Gasteiger partial charge on any atom is 0.146 e. The van der Waals surface area contributed by atoms with E-state index >= 15 is 0 Å². The van der Waals surface area contributed by atoms with Crippen molar-refractivity contribution in [1.29, 1.82) is 0 Å². The molecule has 0 saturated carbocycles. The molecule has 0 aliphatic heterocycles. The third-order valence-corrected chi connectivity index (χ3v) is 2.02. The van der Waals surface area contributed by atoms with E-state index in [1.165, 1.54) is 6.07 Å². The highest BCUT2D eigenvalue weighted by Crippen LogP contribution is 2.15. The smallest absolute Gasteiger partial charge is 0.146 e. The summed E-state index contributed by atoms with van der Waals surface area (Å²) < 4.78 is 13.2. The van der Waals surface area contributed by atoms with Crippen LogP contribution >= 0.6 is 0 Å². The number of aliphatic hydroxyl groups is 1. The molecule has 2 nitrogen and oxygen atoms in total. The Morgan fingerprint density at radius 1 is 1.36 bits per heavy atom. The molecule has 1 aromatic rings. The zero-order valence-corrected chi connectivity index (χ0v) is 8.39. The Kier molecular flexibility index (Phi) is 4.40. The van der Waals surface area contributed by atoms with E-state index in [1.54, 1.807) is 12.1 Å². The molecule has 0 fully saturated rings. The summed E-state index contributed by atoms with van der Waals surface area (Å²) in [4.78, 5) is 0. The molecule has 1 aromatic carbocycles. The van der Waals surface area contributed by atoms with Crippen LogP contribution in [0, 0.1) is 12.7 Å². The van der Waals surface area contributed by atoms with Gasteiger partial charge in [-0.25, -0.2) is 4.39 Å². The number of rotatable bonds is 5. The summed E-state index contributed by atoms with van der Waals surface area (Å²) in [5, 5.41) is 11.6.